The predicted octanol–water partition coefficient (Wildman–Crippen LogP) is -0.0855. The van der Waals surface area contributed by atoms with E-state index in [1.807, 2.05) is 0 Å². The van der Waals surface area contributed by atoms with Gasteiger partial charge in [0.05, 0.1) is 12.4 Å². The first-order valence-electron chi connectivity index (χ1n) is 5.21. The molecule has 0 aliphatic heterocycles. The molecule has 0 bridgehead atoms. The molecule has 0 radical (unpaired) electrons. The molecule has 0 amide bonds. The van der Waals surface area contributed by atoms with Gasteiger partial charge in [0, 0.05) is 6.04 Å². The van der Waals surface area contributed by atoms with E-state index in [2.05, 4.69) is 39.7 Å². The molecule has 2 heterocycles. The van der Waals surface area contributed by atoms with Crippen LogP contribution in [0, 0.1) is 5.92 Å². The molecule has 86 valence electrons. The summed E-state index contributed by atoms with van der Waals surface area (Å²) in [6.07, 6.45) is 3.31. The first kappa shape index (κ1) is 10.7. The number of hydrogen-bond acceptors (Lipinski definition) is 6. The number of fused-ring (bicyclic) bond motifs is 1. The third-order valence-corrected chi connectivity index (χ3v) is 2.71. The molecular formula is C9H15N7. The lowest BCUT2D eigenvalue weighted by atomic mass is 10.0. The third-order valence-electron chi connectivity index (χ3n) is 2.71. The van der Waals surface area contributed by atoms with Crippen molar-refractivity contribution in [2.24, 2.45) is 11.7 Å². The Bertz CT molecular complexity index is 466. The minimum atomic E-state index is 0.238. The van der Waals surface area contributed by atoms with Gasteiger partial charge in [0.1, 0.15) is 0 Å². The Hall–Kier alpha value is -1.76. The highest BCUT2D eigenvalue weighted by Gasteiger charge is 2.12. The topological polar surface area (TPSA) is 94.0 Å². The van der Waals surface area contributed by atoms with Crippen LogP contribution in [-0.4, -0.2) is 37.6 Å². The van der Waals surface area contributed by atoms with Crippen molar-refractivity contribution in [3.63, 3.8) is 0 Å². The average molecular weight is 221 g/mol. The van der Waals surface area contributed by atoms with Gasteiger partial charge in [0.15, 0.2) is 11.5 Å². The van der Waals surface area contributed by atoms with Crippen LogP contribution in [0.15, 0.2) is 12.4 Å². The van der Waals surface area contributed by atoms with Crippen LogP contribution in [0.2, 0.25) is 0 Å². The number of nitrogens with zero attached hydrogens (tertiary/aromatic N) is 5. The van der Waals surface area contributed by atoms with Crippen LogP contribution in [0.5, 0.6) is 0 Å². The van der Waals surface area contributed by atoms with E-state index in [9.17, 15) is 0 Å². The maximum absolute atomic E-state index is 5.62. The van der Waals surface area contributed by atoms with Crippen molar-refractivity contribution in [2.75, 3.05) is 11.9 Å². The van der Waals surface area contributed by atoms with Crippen LogP contribution < -0.4 is 11.1 Å². The predicted molar refractivity (Wildman–Crippen MR) is 59.9 cm³/mol. The van der Waals surface area contributed by atoms with Crippen molar-refractivity contribution in [3.05, 3.63) is 12.4 Å². The molecule has 0 saturated carbocycles. The van der Waals surface area contributed by atoms with Gasteiger partial charge < -0.3 is 11.1 Å². The second kappa shape index (κ2) is 4.40. The molecule has 2 atom stereocenters. The molecule has 2 unspecified atom stereocenters. The molecule has 2 aromatic heterocycles. The summed E-state index contributed by atoms with van der Waals surface area (Å²) in [4.78, 5) is 4.07. The number of rotatable bonds is 4. The third kappa shape index (κ3) is 1.94. The molecule has 0 fully saturated rings. The molecule has 2 aromatic rings. The van der Waals surface area contributed by atoms with Gasteiger partial charge >= 0.3 is 0 Å². The highest BCUT2D eigenvalue weighted by atomic mass is 15.5. The summed E-state index contributed by atoms with van der Waals surface area (Å²) < 4.78 is 1.62. The quantitative estimate of drug-likeness (QED) is 0.749. The number of nitrogens with two attached hydrogens (primary N) is 1. The lowest BCUT2D eigenvalue weighted by molar-refractivity contribution is 0.518. The zero-order chi connectivity index (χ0) is 11.5. The van der Waals surface area contributed by atoms with Gasteiger partial charge in [0.2, 0.25) is 0 Å². The van der Waals surface area contributed by atoms with Crippen LogP contribution in [0.4, 0.5) is 5.82 Å². The molecule has 0 aliphatic rings. The van der Waals surface area contributed by atoms with Gasteiger partial charge in [-0.15, -0.1) is 5.10 Å². The Labute approximate surface area is 93.0 Å². The van der Waals surface area contributed by atoms with Crippen molar-refractivity contribution in [2.45, 2.75) is 19.9 Å². The minimum absolute atomic E-state index is 0.238. The Morgan fingerprint density at radius 1 is 1.44 bits per heavy atom. The van der Waals surface area contributed by atoms with E-state index in [0.29, 0.717) is 18.1 Å². The molecule has 0 aromatic carbocycles. The van der Waals surface area contributed by atoms with E-state index in [4.69, 9.17) is 5.73 Å². The molecule has 0 aliphatic carbocycles. The SMILES string of the molecule is CC(CN)C(C)Nc1cncc2nnnn12. The smallest absolute Gasteiger partial charge is 0.199 e. The lowest BCUT2D eigenvalue weighted by Gasteiger charge is -2.20. The van der Waals surface area contributed by atoms with Crippen molar-refractivity contribution >= 4 is 11.5 Å². The number of aromatic nitrogens is 5. The normalized spacial score (nSPS) is 14.9. The molecule has 7 heteroatoms. The molecule has 7 nitrogen and oxygen atoms in total. The molecule has 2 rings (SSSR count). The zero-order valence-electron chi connectivity index (χ0n) is 9.33. The largest absolute Gasteiger partial charge is 0.366 e. The number of tetrazole rings is 1. The highest BCUT2D eigenvalue weighted by molar-refractivity contribution is 5.44. The van der Waals surface area contributed by atoms with Crippen LogP contribution in [0.1, 0.15) is 13.8 Å². The molecular weight excluding hydrogens is 206 g/mol. The van der Waals surface area contributed by atoms with E-state index >= 15 is 0 Å². The van der Waals surface area contributed by atoms with Gasteiger partial charge in [-0.3, -0.25) is 4.98 Å². The van der Waals surface area contributed by atoms with Crippen molar-refractivity contribution in [1.29, 1.82) is 0 Å². The monoisotopic (exact) mass is 221 g/mol. The summed E-state index contributed by atoms with van der Waals surface area (Å²) >= 11 is 0. The van der Waals surface area contributed by atoms with Crippen molar-refractivity contribution < 1.29 is 0 Å². The van der Waals surface area contributed by atoms with E-state index in [1.165, 1.54) is 0 Å². The van der Waals surface area contributed by atoms with Crippen LogP contribution in [0.25, 0.3) is 5.65 Å². The number of anilines is 1. The van der Waals surface area contributed by atoms with Crippen LogP contribution in [-0.2, 0) is 0 Å². The second-order valence-electron chi connectivity index (χ2n) is 3.89. The Kier molecular flexibility index (Phi) is 2.95. The maximum atomic E-state index is 5.62. The van der Waals surface area contributed by atoms with Gasteiger partial charge in [-0.05, 0) is 29.8 Å². The van der Waals surface area contributed by atoms with Crippen molar-refractivity contribution in [1.82, 2.24) is 25.0 Å². The van der Waals surface area contributed by atoms with E-state index in [-0.39, 0.29) is 6.04 Å². The summed E-state index contributed by atoms with van der Waals surface area (Å²) in [6, 6.07) is 0.238. The lowest BCUT2D eigenvalue weighted by Crippen LogP contribution is -2.30. The van der Waals surface area contributed by atoms with Crippen LogP contribution in [0.3, 0.4) is 0 Å². The zero-order valence-corrected chi connectivity index (χ0v) is 9.33. The first-order chi connectivity index (χ1) is 7.72. The Morgan fingerprint density at radius 2 is 2.25 bits per heavy atom. The average Bonchev–Trinajstić information content (AvgIpc) is 2.77. The number of nitrogens with one attached hydrogen (secondary N) is 1. The summed E-state index contributed by atoms with van der Waals surface area (Å²) in [5.74, 6) is 1.14. The molecule has 0 saturated heterocycles. The minimum Gasteiger partial charge on any atom is -0.366 e. The van der Waals surface area contributed by atoms with Gasteiger partial charge in [-0.2, -0.15) is 4.52 Å². The molecule has 3 N–H and O–H groups in total. The fourth-order valence-corrected chi connectivity index (χ4v) is 1.35. The first-order valence-corrected chi connectivity index (χ1v) is 5.21. The van der Waals surface area contributed by atoms with E-state index < -0.39 is 0 Å². The summed E-state index contributed by atoms with van der Waals surface area (Å²) in [5.41, 5.74) is 6.24. The standard InChI is InChI=1S/C9H15N7/c1-6(3-10)7(2)12-8-4-11-5-9-13-14-15-16(8)9/h4-7,12H,3,10H2,1-2H3. The van der Waals surface area contributed by atoms with Gasteiger partial charge in [-0.25, -0.2) is 0 Å². The molecule has 16 heavy (non-hydrogen) atoms. The van der Waals surface area contributed by atoms with Gasteiger partial charge in [0.25, 0.3) is 0 Å². The van der Waals surface area contributed by atoms with E-state index in [1.54, 1.807) is 16.9 Å². The summed E-state index contributed by atoms with van der Waals surface area (Å²) in [5, 5.41) is 14.6. The van der Waals surface area contributed by atoms with Gasteiger partial charge in [-0.1, -0.05) is 6.92 Å². The second-order valence-corrected chi connectivity index (χ2v) is 3.89. The highest BCUT2D eigenvalue weighted by Crippen LogP contribution is 2.11. The molecule has 0 spiro atoms. The van der Waals surface area contributed by atoms with Crippen molar-refractivity contribution in [3.8, 4) is 0 Å². The fourth-order valence-electron chi connectivity index (χ4n) is 1.35. The Balaban J connectivity index is 2.23. The van der Waals surface area contributed by atoms with Crippen LogP contribution >= 0.6 is 0 Å². The Morgan fingerprint density at radius 3 is 3.00 bits per heavy atom. The summed E-state index contributed by atoms with van der Waals surface area (Å²) in [7, 11) is 0. The fraction of sp³-hybridized carbons (Fsp3) is 0.556. The maximum Gasteiger partial charge on any atom is 0.199 e. The van der Waals surface area contributed by atoms with E-state index in [0.717, 1.165) is 5.82 Å². The number of hydrogen-bond donors (Lipinski definition) is 2. The summed E-state index contributed by atoms with van der Waals surface area (Å²) in [6.45, 7) is 4.79.